The summed E-state index contributed by atoms with van der Waals surface area (Å²) >= 11 is 0. The summed E-state index contributed by atoms with van der Waals surface area (Å²) in [4.78, 5) is 12.4. The monoisotopic (exact) mass is 399 g/mol. The fourth-order valence-electron chi connectivity index (χ4n) is 3.27. The number of nitriles is 1. The van der Waals surface area contributed by atoms with Crippen LogP contribution in [0.2, 0.25) is 0 Å². The predicted molar refractivity (Wildman–Crippen MR) is 112 cm³/mol. The molecule has 3 aromatic carbocycles. The van der Waals surface area contributed by atoms with E-state index >= 15 is 0 Å². The molecular weight excluding hydrogens is 378 g/mol. The van der Waals surface area contributed by atoms with Gasteiger partial charge in [-0.15, -0.1) is 0 Å². The highest BCUT2D eigenvalue weighted by Crippen LogP contribution is 2.24. The standard InChI is InChI=1S/C25H21NO4/c26-16-18-3-5-19(6-4-18)20-7-13-23(14-8-20)30-25(27)21-9-11-22(12-10-21)29-17-24-2-1-15-28-24/h3-14,24H,1-2,15,17H2. The molecule has 0 radical (unpaired) electrons. The van der Waals surface area contributed by atoms with Crippen LogP contribution in [0.5, 0.6) is 11.5 Å². The summed E-state index contributed by atoms with van der Waals surface area (Å²) < 4.78 is 16.7. The molecule has 0 N–H and O–H groups in total. The predicted octanol–water partition coefficient (Wildman–Crippen LogP) is 5.00. The first kappa shape index (κ1) is 19.7. The van der Waals surface area contributed by atoms with Gasteiger partial charge in [0.25, 0.3) is 0 Å². The van der Waals surface area contributed by atoms with E-state index in [-0.39, 0.29) is 6.10 Å². The van der Waals surface area contributed by atoms with Crippen molar-refractivity contribution in [3.63, 3.8) is 0 Å². The molecule has 5 heteroatoms. The van der Waals surface area contributed by atoms with Gasteiger partial charge in [-0.1, -0.05) is 24.3 Å². The third-order valence-electron chi connectivity index (χ3n) is 4.96. The molecule has 1 aliphatic heterocycles. The van der Waals surface area contributed by atoms with E-state index in [4.69, 9.17) is 19.5 Å². The van der Waals surface area contributed by atoms with Crippen LogP contribution >= 0.6 is 0 Å². The van der Waals surface area contributed by atoms with Gasteiger partial charge in [0.15, 0.2) is 0 Å². The molecule has 3 aromatic rings. The van der Waals surface area contributed by atoms with E-state index in [9.17, 15) is 4.79 Å². The van der Waals surface area contributed by atoms with E-state index in [1.807, 2.05) is 24.3 Å². The fraction of sp³-hybridized carbons (Fsp3) is 0.200. The van der Waals surface area contributed by atoms with Crippen LogP contribution in [0.3, 0.4) is 0 Å². The van der Waals surface area contributed by atoms with Crippen LogP contribution in [0.15, 0.2) is 72.8 Å². The zero-order valence-electron chi connectivity index (χ0n) is 16.4. The molecular formula is C25H21NO4. The number of carbonyl (C=O) groups excluding carboxylic acids is 1. The largest absolute Gasteiger partial charge is 0.491 e. The SMILES string of the molecule is N#Cc1ccc(-c2ccc(OC(=O)c3ccc(OCC4CCCO4)cc3)cc2)cc1. The van der Waals surface area contributed by atoms with Gasteiger partial charge in [0, 0.05) is 6.61 Å². The quantitative estimate of drug-likeness (QED) is 0.431. The molecule has 0 spiro atoms. The van der Waals surface area contributed by atoms with Gasteiger partial charge >= 0.3 is 5.97 Å². The lowest BCUT2D eigenvalue weighted by Gasteiger charge is -2.11. The van der Waals surface area contributed by atoms with Crippen LogP contribution in [-0.2, 0) is 4.74 Å². The highest BCUT2D eigenvalue weighted by molar-refractivity contribution is 5.91. The number of carbonyl (C=O) groups is 1. The van der Waals surface area contributed by atoms with Crippen LogP contribution in [0.25, 0.3) is 11.1 Å². The minimum absolute atomic E-state index is 0.155. The second-order valence-corrected chi connectivity index (χ2v) is 7.07. The van der Waals surface area contributed by atoms with Crippen LogP contribution in [0.4, 0.5) is 0 Å². The number of esters is 1. The van der Waals surface area contributed by atoms with Crippen LogP contribution in [-0.4, -0.2) is 25.3 Å². The summed E-state index contributed by atoms with van der Waals surface area (Å²) in [7, 11) is 0. The molecule has 30 heavy (non-hydrogen) atoms. The molecule has 1 heterocycles. The number of hydrogen-bond donors (Lipinski definition) is 0. The average molecular weight is 399 g/mol. The molecule has 4 rings (SSSR count). The first-order valence-electron chi connectivity index (χ1n) is 9.88. The minimum atomic E-state index is -0.424. The van der Waals surface area contributed by atoms with Gasteiger partial charge < -0.3 is 14.2 Å². The van der Waals surface area contributed by atoms with Gasteiger partial charge in [0.1, 0.15) is 18.1 Å². The Balaban J connectivity index is 1.34. The molecule has 1 atom stereocenters. The lowest BCUT2D eigenvalue weighted by atomic mass is 10.0. The van der Waals surface area contributed by atoms with Crippen molar-refractivity contribution >= 4 is 5.97 Å². The Morgan fingerprint density at radius 2 is 1.57 bits per heavy atom. The van der Waals surface area contributed by atoms with E-state index in [1.54, 1.807) is 48.5 Å². The van der Waals surface area contributed by atoms with E-state index in [1.165, 1.54) is 0 Å². The Morgan fingerprint density at radius 3 is 2.17 bits per heavy atom. The van der Waals surface area contributed by atoms with E-state index in [0.29, 0.717) is 29.2 Å². The van der Waals surface area contributed by atoms with Crippen molar-refractivity contribution in [3.05, 3.63) is 83.9 Å². The topological polar surface area (TPSA) is 68.5 Å². The summed E-state index contributed by atoms with van der Waals surface area (Å²) in [5, 5.41) is 8.89. The van der Waals surface area contributed by atoms with Crippen LogP contribution in [0, 0.1) is 11.3 Å². The lowest BCUT2D eigenvalue weighted by Crippen LogP contribution is -2.16. The Kier molecular flexibility index (Phi) is 6.07. The summed E-state index contributed by atoms with van der Waals surface area (Å²) in [6.45, 7) is 1.32. The number of rotatable bonds is 6. The van der Waals surface area contributed by atoms with Gasteiger partial charge in [-0.2, -0.15) is 5.26 Å². The van der Waals surface area contributed by atoms with Gasteiger partial charge in [-0.3, -0.25) is 0 Å². The number of nitrogens with zero attached hydrogens (tertiary/aromatic N) is 1. The van der Waals surface area contributed by atoms with Gasteiger partial charge in [-0.05, 0) is 72.5 Å². The highest BCUT2D eigenvalue weighted by atomic mass is 16.5. The molecule has 1 fully saturated rings. The van der Waals surface area contributed by atoms with E-state index in [2.05, 4.69) is 6.07 Å². The molecule has 1 aliphatic rings. The summed E-state index contributed by atoms with van der Waals surface area (Å²) in [5.74, 6) is 0.747. The Hall–Kier alpha value is -3.62. The van der Waals surface area contributed by atoms with Gasteiger partial charge in [0.05, 0.1) is 23.3 Å². The zero-order chi connectivity index (χ0) is 20.8. The Bertz CT molecular complexity index is 1030. The van der Waals surface area contributed by atoms with Crippen molar-refractivity contribution < 1.29 is 19.0 Å². The van der Waals surface area contributed by atoms with Crippen molar-refractivity contribution in [3.8, 4) is 28.7 Å². The Labute approximate surface area is 175 Å². The Morgan fingerprint density at radius 1 is 0.933 bits per heavy atom. The molecule has 1 saturated heterocycles. The van der Waals surface area contributed by atoms with E-state index < -0.39 is 5.97 Å². The molecule has 0 aliphatic carbocycles. The maximum absolute atomic E-state index is 12.4. The lowest BCUT2D eigenvalue weighted by molar-refractivity contribution is 0.0678. The van der Waals surface area contributed by atoms with Crippen molar-refractivity contribution in [2.45, 2.75) is 18.9 Å². The number of benzene rings is 3. The molecule has 0 aromatic heterocycles. The molecule has 1 unspecified atom stereocenters. The molecule has 0 amide bonds. The third kappa shape index (κ3) is 4.86. The van der Waals surface area contributed by atoms with Crippen LogP contribution in [0.1, 0.15) is 28.8 Å². The van der Waals surface area contributed by atoms with Crippen LogP contribution < -0.4 is 9.47 Å². The van der Waals surface area contributed by atoms with E-state index in [0.717, 1.165) is 30.6 Å². The fourth-order valence-corrected chi connectivity index (χ4v) is 3.27. The maximum Gasteiger partial charge on any atom is 0.343 e. The van der Waals surface area contributed by atoms with Gasteiger partial charge in [0.2, 0.25) is 0 Å². The maximum atomic E-state index is 12.4. The minimum Gasteiger partial charge on any atom is -0.491 e. The summed E-state index contributed by atoms with van der Waals surface area (Å²) in [6, 6.07) is 23.6. The van der Waals surface area contributed by atoms with Crippen molar-refractivity contribution in [2.24, 2.45) is 0 Å². The first-order chi connectivity index (χ1) is 14.7. The average Bonchev–Trinajstić information content (AvgIpc) is 3.32. The molecule has 0 bridgehead atoms. The smallest absolute Gasteiger partial charge is 0.343 e. The summed E-state index contributed by atoms with van der Waals surface area (Å²) in [5.41, 5.74) is 3.04. The molecule has 0 saturated carbocycles. The first-order valence-corrected chi connectivity index (χ1v) is 9.88. The second-order valence-electron chi connectivity index (χ2n) is 7.07. The molecule has 150 valence electrons. The third-order valence-corrected chi connectivity index (χ3v) is 4.96. The summed E-state index contributed by atoms with van der Waals surface area (Å²) in [6.07, 6.45) is 2.25. The highest BCUT2D eigenvalue weighted by Gasteiger charge is 2.16. The van der Waals surface area contributed by atoms with Crippen molar-refractivity contribution in [1.29, 1.82) is 5.26 Å². The second kappa shape index (κ2) is 9.25. The zero-order valence-corrected chi connectivity index (χ0v) is 16.4. The van der Waals surface area contributed by atoms with Crippen molar-refractivity contribution in [2.75, 3.05) is 13.2 Å². The number of ether oxygens (including phenoxy) is 3. The molecule has 5 nitrogen and oxygen atoms in total. The van der Waals surface area contributed by atoms with Crippen molar-refractivity contribution in [1.82, 2.24) is 0 Å². The normalized spacial score (nSPS) is 15.4. The van der Waals surface area contributed by atoms with Gasteiger partial charge in [-0.25, -0.2) is 4.79 Å². The number of hydrogen-bond acceptors (Lipinski definition) is 5.